The summed E-state index contributed by atoms with van der Waals surface area (Å²) in [7, 11) is 0. The van der Waals surface area contributed by atoms with Crippen molar-refractivity contribution in [1.29, 1.82) is 0 Å². The number of hydrogen-bond acceptors (Lipinski definition) is 3. The Kier molecular flexibility index (Phi) is 3.81. The van der Waals surface area contributed by atoms with E-state index in [9.17, 15) is 18.0 Å². The topological polar surface area (TPSA) is 42.0 Å². The summed E-state index contributed by atoms with van der Waals surface area (Å²) in [5, 5.41) is 3.48. The van der Waals surface area contributed by atoms with E-state index in [0.29, 0.717) is 11.3 Å². The van der Waals surface area contributed by atoms with Gasteiger partial charge in [-0.1, -0.05) is 0 Å². The number of amides is 1. The molecule has 1 amide bonds. The Morgan fingerprint density at radius 1 is 1.13 bits per heavy atom. The Morgan fingerprint density at radius 3 is 2.48 bits per heavy atom. The Labute approximate surface area is 133 Å². The fourth-order valence-corrected chi connectivity index (χ4v) is 2.94. The van der Waals surface area contributed by atoms with Gasteiger partial charge in [-0.15, -0.1) is 11.3 Å². The van der Waals surface area contributed by atoms with Crippen LogP contribution in [0.25, 0.3) is 10.2 Å². The lowest BCUT2D eigenvalue weighted by Crippen LogP contribution is -2.12. The van der Waals surface area contributed by atoms with Gasteiger partial charge in [0.15, 0.2) is 0 Å². The lowest BCUT2D eigenvalue weighted by atomic mass is 10.1. The molecule has 1 N–H and O–H groups in total. The lowest BCUT2D eigenvalue weighted by Gasteiger charge is -2.09. The van der Waals surface area contributed by atoms with Gasteiger partial charge >= 0.3 is 6.18 Å². The van der Waals surface area contributed by atoms with Crippen molar-refractivity contribution in [2.45, 2.75) is 13.1 Å². The predicted molar refractivity (Wildman–Crippen MR) is 83.8 cm³/mol. The number of aryl methyl sites for hydroxylation is 1. The van der Waals surface area contributed by atoms with Crippen molar-refractivity contribution in [3.8, 4) is 0 Å². The molecule has 23 heavy (non-hydrogen) atoms. The van der Waals surface area contributed by atoms with Gasteiger partial charge in [0.05, 0.1) is 20.8 Å². The number of hydrogen-bond donors (Lipinski definition) is 1. The fraction of sp³-hybridized carbons (Fsp3) is 0.125. The zero-order valence-electron chi connectivity index (χ0n) is 11.9. The highest BCUT2D eigenvalue weighted by atomic mass is 32.1. The molecule has 0 radical (unpaired) electrons. The maximum absolute atomic E-state index is 12.5. The number of nitrogens with one attached hydrogen (secondary N) is 1. The highest BCUT2D eigenvalue weighted by Gasteiger charge is 2.30. The molecule has 7 heteroatoms. The smallest absolute Gasteiger partial charge is 0.322 e. The molecular weight excluding hydrogens is 325 g/mol. The Morgan fingerprint density at radius 2 is 1.83 bits per heavy atom. The molecule has 0 aliphatic heterocycles. The van der Waals surface area contributed by atoms with Gasteiger partial charge in [-0.3, -0.25) is 4.79 Å². The monoisotopic (exact) mass is 336 g/mol. The minimum atomic E-state index is -4.39. The number of fused-ring (bicyclic) bond motifs is 1. The van der Waals surface area contributed by atoms with E-state index in [0.717, 1.165) is 27.4 Å². The number of nitrogens with zero attached hydrogens (tertiary/aromatic N) is 1. The van der Waals surface area contributed by atoms with E-state index in [1.165, 1.54) is 23.5 Å². The van der Waals surface area contributed by atoms with Crippen LogP contribution >= 0.6 is 11.3 Å². The number of carbonyl (C=O) groups is 1. The van der Waals surface area contributed by atoms with E-state index in [1.54, 1.807) is 12.1 Å². The number of aromatic nitrogens is 1. The summed E-state index contributed by atoms with van der Waals surface area (Å²) in [4.78, 5) is 16.5. The van der Waals surface area contributed by atoms with Crippen LogP contribution in [-0.4, -0.2) is 10.9 Å². The summed E-state index contributed by atoms with van der Waals surface area (Å²) in [5.74, 6) is -0.391. The molecule has 3 nitrogen and oxygen atoms in total. The second-order valence-electron chi connectivity index (χ2n) is 4.94. The van der Waals surface area contributed by atoms with Gasteiger partial charge < -0.3 is 5.32 Å². The molecule has 0 saturated heterocycles. The van der Waals surface area contributed by atoms with Crippen molar-refractivity contribution in [1.82, 2.24) is 4.98 Å². The first-order valence-electron chi connectivity index (χ1n) is 6.69. The van der Waals surface area contributed by atoms with Gasteiger partial charge in [0.1, 0.15) is 0 Å². The summed E-state index contributed by atoms with van der Waals surface area (Å²) in [6.45, 7) is 1.88. The van der Waals surface area contributed by atoms with E-state index in [1.807, 2.05) is 13.0 Å². The van der Waals surface area contributed by atoms with Crippen LogP contribution in [0.15, 0.2) is 42.5 Å². The summed E-state index contributed by atoms with van der Waals surface area (Å²) in [6.07, 6.45) is -4.39. The molecular formula is C16H11F3N2OS. The zero-order chi connectivity index (χ0) is 16.6. The average Bonchev–Trinajstić information content (AvgIpc) is 2.85. The van der Waals surface area contributed by atoms with Crippen molar-refractivity contribution in [3.63, 3.8) is 0 Å². The van der Waals surface area contributed by atoms with Crippen molar-refractivity contribution < 1.29 is 18.0 Å². The zero-order valence-corrected chi connectivity index (χ0v) is 12.8. The van der Waals surface area contributed by atoms with Crippen molar-refractivity contribution in [2.24, 2.45) is 0 Å². The molecule has 3 rings (SSSR count). The summed E-state index contributed by atoms with van der Waals surface area (Å²) in [6, 6.07) is 9.46. The van der Waals surface area contributed by atoms with E-state index < -0.39 is 17.6 Å². The third-order valence-corrected chi connectivity index (χ3v) is 4.18. The summed E-state index contributed by atoms with van der Waals surface area (Å²) >= 11 is 1.53. The third kappa shape index (κ3) is 3.34. The Bertz CT molecular complexity index is 869. The number of benzene rings is 2. The molecule has 1 aromatic heterocycles. The second-order valence-corrected chi connectivity index (χ2v) is 6.18. The van der Waals surface area contributed by atoms with Gasteiger partial charge in [-0.25, -0.2) is 4.98 Å². The first-order valence-corrected chi connectivity index (χ1v) is 7.50. The van der Waals surface area contributed by atoms with E-state index in [4.69, 9.17) is 0 Å². The van der Waals surface area contributed by atoms with Crippen LogP contribution in [0.3, 0.4) is 0 Å². The number of anilines is 1. The van der Waals surface area contributed by atoms with Gasteiger partial charge in [0, 0.05) is 11.3 Å². The molecule has 0 bridgehead atoms. The largest absolute Gasteiger partial charge is 0.416 e. The molecule has 0 fully saturated rings. The predicted octanol–water partition coefficient (Wildman–Crippen LogP) is 4.88. The van der Waals surface area contributed by atoms with Crippen LogP contribution in [0.1, 0.15) is 20.9 Å². The molecule has 0 saturated carbocycles. The SMILES string of the molecule is Cc1nc2cc(C(=O)Nc3ccc(C(F)(F)F)cc3)ccc2s1. The first-order chi connectivity index (χ1) is 10.8. The van der Waals surface area contributed by atoms with Gasteiger partial charge in [0.2, 0.25) is 0 Å². The molecule has 118 valence electrons. The molecule has 3 aromatic rings. The van der Waals surface area contributed by atoms with Crippen molar-refractivity contribution >= 4 is 33.1 Å². The first kappa shape index (κ1) is 15.5. The van der Waals surface area contributed by atoms with Crippen LogP contribution in [0.2, 0.25) is 0 Å². The third-order valence-electron chi connectivity index (χ3n) is 3.23. The van der Waals surface area contributed by atoms with E-state index >= 15 is 0 Å². The quantitative estimate of drug-likeness (QED) is 0.725. The number of thiazole rings is 1. The van der Waals surface area contributed by atoms with Crippen LogP contribution in [0, 0.1) is 6.92 Å². The Balaban J connectivity index is 1.79. The highest BCUT2D eigenvalue weighted by molar-refractivity contribution is 7.18. The van der Waals surface area contributed by atoms with Crippen molar-refractivity contribution in [2.75, 3.05) is 5.32 Å². The Hall–Kier alpha value is -2.41. The van der Waals surface area contributed by atoms with E-state index in [2.05, 4.69) is 10.3 Å². The number of halogens is 3. The van der Waals surface area contributed by atoms with Gasteiger partial charge in [-0.2, -0.15) is 13.2 Å². The normalized spacial score (nSPS) is 11.7. The fourth-order valence-electron chi connectivity index (χ4n) is 2.13. The second kappa shape index (κ2) is 5.66. The highest BCUT2D eigenvalue weighted by Crippen LogP contribution is 2.30. The van der Waals surface area contributed by atoms with Crippen LogP contribution in [-0.2, 0) is 6.18 Å². The van der Waals surface area contributed by atoms with Crippen molar-refractivity contribution in [3.05, 3.63) is 58.6 Å². The summed E-state index contributed by atoms with van der Waals surface area (Å²) in [5.41, 5.74) is 0.683. The maximum atomic E-state index is 12.5. The molecule has 0 unspecified atom stereocenters. The van der Waals surface area contributed by atoms with Gasteiger partial charge in [-0.05, 0) is 49.4 Å². The standard InChI is InChI=1S/C16H11F3N2OS/c1-9-20-13-8-10(2-7-14(13)23-9)15(22)21-12-5-3-11(4-6-12)16(17,18)19/h2-8H,1H3,(H,21,22). The minimum absolute atomic E-state index is 0.303. The molecule has 0 atom stereocenters. The number of carbonyl (C=O) groups excluding carboxylic acids is 1. The van der Waals surface area contributed by atoms with Gasteiger partial charge in [0.25, 0.3) is 5.91 Å². The van der Waals surface area contributed by atoms with Crippen LogP contribution in [0.4, 0.5) is 18.9 Å². The lowest BCUT2D eigenvalue weighted by molar-refractivity contribution is -0.137. The average molecular weight is 336 g/mol. The molecule has 0 aliphatic carbocycles. The number of alkyl halides is 3. The summed E-state index contributed by atoms with van der Waals surface area (Å²) < 4.78 is 38.5. The molecule has 1 heterocycles. The van der Waals surface area contributed by atoms with Crippen LogP contribution in [0.5, 0.6) is 0 Å². The maximum Gasteiger partial charge on any atom is 0.416 e. The molecule has 2 aromatic carbocycles. The molecule has 0 spiro atoms. The minimum Gasteiger partial charge on any atom is -0.322 e. The number of rotatable bonds is 2. The molecule has 0 aliphatic rings. The van der Waals surface area contributed by atoms with Crippen LogP contribution < -0.4 is 5.32 Å². The van der Waals surface area contributed by atoms with E-state index in [-0.39, 0.29) is 0 Å².